The SMILES string of the molecule is [H]/N=N/C1=Cc2ccccc2C(c2ccc(-c3ccc(C4(S(=O)(=O)O)c5ccccc5C=C(/N=N/[H])C4N)c(CC)c3)cc2CC)(S(=O)(=O)O)C1N. The summed E-state index contributed by atoms with van der Waals surface area (Å²) in [4.78, 5) is 0. The number of hydrogen-bond donors (Lipinski definition) is 6. The lowest BCUT2D eigenvalue weighted by Gasteiger charge is -2.41. The standard InChI is InChI=1S/C36H36N6O6S2/c1-3-21-17-23(13-15-29(21)35(49(43,44)45)27-11-7-5-9-25(27)19-31(41-39)33(35)37)24-14-16-30(22(4-2)18-24)36(50(46,47)48)28-12-8-6-10-26(28)20-32(42-40)34(36)38/h5-20,33-34,39-40H,3-4,37-38H2,1-2H3,(H,43,44,45)(H,46,47,48)/b41-39+,42-40+. The second-order valence-corrected chi connectivity index (χ2v) is 15.5. The predicted octanol–water partition coefficient (Wildman–Crippen LogP) is 6.17. The zero-order valence-corrected chi connectivity index (χ0v) is 28.7. The van der Waals surface area contributed by atoms with Gasteiger partial charge in [-0.1, -0.05) is 98.8 Å². The number of hydrogen-bond acceptors (Lipinski definition) is 10. The Kier molecular flexibility index (Phi) is 8.17. The van der Waals surface area contributed by atoms with Crippen LogP contribution in [0.25, 0.3) is 23.3 Å². The first kappa shape index (κ1) is 32.5. The molecule has 2 aliphatic carbocycles. The average Bonchev–Trinajstić information content (AvgIpc) is 3.11. The molecule has 0 saturated heterocycles. The molecule has 0 aliphatic heterocycles. The second-order valence-electron chi connectivity index (χ2n) is 12.3. The Hall–Kier alpha value is -4.70. The number of nitrogens with one attached hydrogen (secondary N) is 2. The van der Waals surface area contributed by atoms with Crippen molar-refractivity contribution in [2.24, 2.45) is 21.7 Å². The third-order valence-corrected chi connectivity index (χ3v) is 13.0. The number of aryl methyl sites for hydroxylation is 2. The molecule has 0 fully saturated rings. The molecule has 0 saturated carbocycles. The normalized spacial score (nSPS) is 24.3. The Labute approximate surface area is 293 Å². The van der Waals surface area contributed by atoms with E-state index in [9.17, 15) is 25.9 Å². The summed E-state index contributed by atoms with van der Waals surface area (Å²) >= 11 is 0. The molecule has 4 unspecified atom stereocenters. The van der Waals surface area contributed by atoms with Gasteiger partial charge in [-0.3, -0.25) is 9.11 Å². The van der Waals surface area contributed by atoms with E-state index >= 15 is 0 Å². The van der Waals surface area contributed by atoms with Gasteiger partial charge in [-0.2, -0.15) is 27.1 Å². The summed E-state index contributed by atoms with van der Waals surface area (Å²) in [6.07, 6.45) is 3.73. The van der Waals surface area contributed by atoms with Crippen LogP contribution in [0.2, 0.25) is 2.82 Å². The fourth-order valence-corrected chi connectivity index (χ4v) is 10.5. The van der Waals surface area contributed by atoms with E-state index in [2.05, 4.69) is 21.3 Å². The summed E-state index contributed by atoms with van der Waals surface area (Å²) in [7, 11) is -10.0. The molecule has 258 valence electrons. The maximum absolute atomic E-state index is 13.6. The first-order valence-electron chi connectivity index (χ1n) is 16.7. The van der Waals surface area contributed by atoms with Gasteiger partial charge >= 0.3 is 0 Å². The highest BCUT2D eigenvalue weighted by Crippen LogP contribution is 2.51. The zero-order valence-electron chi connectivity index (χ0n) is 29.1. The highest BCUT2D eigenvalue weighted by molar-refractivity contribution is 7.87. The van der Waals surface area contributed by atoms with Crippen molar-refractivity contribution in [1.82, 2.24) is 0 Å². The van der Waals surface area contributed by atoms with E-state index in [0.717, 1.165) is 0 Å². The monoisotopic (exact) mass is 712 g/mol. The summed E-state index contributed by atoms with van der Waals surface area (Å²) in [6, 6.07) is 20.5. The van der Waals surface area contributed by atoms with Crippen molar-refractivity contribution in [3.63, 3.8) is 0 Å². The summed E-state index contributed by atoms with van der Waals surface area (Å²) in [5, 5.41) is 7.60. The highest BCUT2D eigenvalue weighted by atomic mass is 32.2. The molecule has 0 radical (unpaired) electrons. The Bertz CT molecular complexity index is 2270. The predicted molar refractivity (Wildman–Crippen MR) is 190 cm³/mol. The van der Waals surface area contributed by atoms with Crippen molar-refractivity contribution in [3.8, 4) is 11.1 Å². The van der Waals surface area contributed by atoms with Crippen LogP contribution >= 0.6 is 0 Å². The van der Waals surface area contributed by atoms with Crippen molar-refractivity contribution in [2.45, 2.75) is 48.3 Å². The number of benzene rings is 4. The molecule has 0 spiro atoms. The van der Waals surface area contributed by atoms with E-state index in [1.807, 2.05) is 13.8 Å². The Morgan fingerprint density at radius 3 is 1.38 bits per heavy atom. The number of rotatable bonds is 9. The molecule has 8 N–H and O–H groups in total. The molecule has 0 heterocycles. The minimum Gasteiger partial charge on any atom is -0.321 e. The Morgan fingerprint density at radius 1 is 0.660 bits per heavy atom. The molecule has 0 amide bonds. The van der Waals surface area contributed by atoms with Crippen molar-refractivity contribution >= 4 is 32.4 Å². The van der Waals surface area contributed by atoms with E-state index < -0.39 is 41.8 Å². The molecule has 50 heavy (non-hydrogen) atoms. The summed E-state index contributed by atoms with van der Waals surface area (Å²) in [6.45, 7) is 3.66. The number of nitrogens with zero attached hydrogens (tertiary/aromatic N) is 2. The molecule has 4 aromatic rings. The molecule has 2 aliphatic rings. The van der Waals surface area contributed by atoms with Crippen molar-refractivity contribution in [1.29, 1.82) is 11.0 Å². The van der Waals surface area contributed by atoms with Gasteiger partial charge in [-0.25, -0.2) is 11.0 Å². The van der Waals surface area contributed by atoms with Crippen LogP contribution in [-0.4, -0.2) is 38.0 Å². The van der Waals surface area contributed by atoms with E-state index in [0.29, 0.717) is 46.2 Å². The molecular formula is C36H36N6O6S2. The molecular weight excluding hydrogens is 677 g/mol. The lowest BCUT2D eigenvalue weighted by atomic mass is 9.74. The van der Waals surface area contributed by atoms with Gasteiger partial charge in [0.1, 0.15) is 0 Å². The highest BCUT2D eigenvalue weighted by Gasteiger charge is 2.57. The Morgan fingerprint density at radius 2 is 1.04 bits per heavy atom. The molecule has 6 rings (SSSR count). The third kappa shape index (κ3) is 4.93. The van der Waals surface area contributed by atoms with Crippen molar-refractivity contribution < 1.29 is 28.8 Å². The van der Waals surface area contributed by atoms with Gasteiger partial charge in [0.25, 0.3) is 20.2 Å². The van der Waals surface area contributed by atoms with Gasteiger partial charge in [0, 0.05) is 0 Å². The molecule has 14 heteroatoms. The van der Waals surface area contributed by atoms with Crippen molar-refractivity contribution in [2.75, 3.05) is 0 Å². The van der Waals surface area contributed by atoms with Crippen LogP contribution < -0.4 is 11.5 Å². The second kappa shape index (κ2) is 12.6. The van der Waals surface area contributed by atoms with Gasteiger partial charge in [-0.15, -0.1) is 0 Å². The van der Waals surface area contributed by atoms with Crippen LogP contribution in [0.3, 0.4) is 0 Å². The van der Waals surface area contributed by atoms with Crippen molar-refractivity contribution in [3.05, 3.63) is 141 Å². The van der Waals surface area contributed by atoms with E-state index in [-0.39, 0.29) is 33.6 Å². The lowest BCUT2D eigenvalue weighted by Crippen LogP contribution is -2.54. The fraction of sp³-hybridized carbons (Fsp3) is 0.222. The molecule has 12 nitrogen and oxygen atoms in total. The molecule has 0 aromatic heterocycles. The van der Waals surface area contributed by atoms with Crippen LogP contribution in [0.1, 0.15) is 58.4 Å². The summed E-state index contributed by atoms with van der Waals surface area (Å²) in [5.74, 6) is 0. The number of fused-ring (bicyclic) bond motifs is 2. The molecule has 0 bridgehead atoms. The zero-order chi connectivity index (χ0) is 37.6. The minimum atomic E-state index is -5.00. The van der Waals surface area contributed by atoms with E-state index in [4.69, 9.17) is 14.3 Å². The van der Waals surface area contributed by atoms with Gasteiger partial charge < -0.3 is 11.5 Å². The Balaban J connectivity index is 1.57. The quantitative estimate of drug-likeness (QED) is 0.0866. The first-order valence-corrected chi connectivity index (χ1v) is 18.6. The van der Waals surface area contributed by atoms with Crippen LogP contribution in [0.15, 0.2) is 107 Å². The van der Waals surface area contributed by atoms with Gasteiger partial charge in [0.15, 0.2) is 9.49 Å². The smallest absolute Gasteiger partial charge is 0.281 e. The fourth-order valence-electron chi connectivity index (χ4n) is 7.71. The van der Waals surface area contributed by atoms with Gasteiger partial charge in [0.2, 0.25) is 2.82 Å². The molecule has 4 aromatic carbocycles. The summed E-state index contributed by atoms with van der Waals surface area (Å²) in [5.41, 5.74) is 23.7. The lowest BCUT2D eigenvalue weighted by molar-refractivity contribution is 0.422. The van der Waals surface area contributed by atoms with E-state index in [1.165, 1.54) is 0 Å². The molecule has 4 atom stereocenters. The number of nitrogens with two attached hydrogens (primary N) is 2. The minimum absolute atomic E-state index is 0.00177. The topological polar surface area (TPSA) is 233 Å². The maximum atomic E-state index is 13.6. The van der Waals surface area contributed by atoms with Crippen LogP contribution in [0.5, 0.6) is 0 Å². The van der Waals surface area contributed by atoms with Crippen LogP contribution in [0, 0.1) is 11.0 Å². The maximum Gasteiger partial charge on any atom is 0.281 e. The van der Waals surface area contributed by atoms with E-state index in [1.54, 1.807) is 97.1 Å². The van der Waals surface area contributed by atoms with Crippen LogP contribution in [0.4, 0.5) is 0 Å². The average molecular weight is 713 g/mol. The largest absolute Gasteiger partial charge is 0.321 e. The third-order valence-electron chi connectivity index (χ3n) is 9.99. The van der Waals surface area contributed by atoms with Gasteiger partial charge in [-0.05, 0) is 80.6 Å². The first-order chi connectivity index (χ1) is 24.7. The summed E-state index contributed by atoms with van der Waals surface area (Å²) < 4.78 is 86.9. The van der Waals surface area contributed by atoms with Gasteiger partial charge in [0.05, 0.1) is 23.5 Å². The van der Waals surface area contributed by atoms with Crippen LogP contribution in [-0.2, 0) is 42.6 Å².